The molecular weight excluding hydrogens is 405 g/mol. The molecule has 1 amide bonds. The number of hydrogen-bond acceptors (Lipinski definition) is 5. The average molecular weight is 432 g/mol. The predicted octanol–water partition coefficient (Wildman–Crippen LogP) is 4.18. The number of carbonyl (C=O) groups excluding carboxylic acids is 1. The molecule has 0 unspecified atom stereocenters. The molecule has 1 aliphatic rings. The van der Waals surface area contributed by atoms with Gasteiger partial charge in [-0.25, -0.2) is 4.98 Å². The van der Waals surface area contributed by atoms with Gasteiger partial charge in [0.05, 0.1) is 12.3 Å². The van der Waals surface area contributed by atoms with Gasteiger partial charge in [0.1, 0.15) is 15.6 Å². The normalized spacial score (nSPS) is 14.3. The lowest BCUT2D eigenvalue weighted by atomic mass is 10.1. The van der Waals surface area contributed by atoms with E-state index in [0.717, 1.165) is 52.8 Å². The molecular formula is C19H27Cl2N3O2S. The third-order valence-corrected chi connectivity index (χ3v) is 5.79. The predicted molar refractivity (Wildman–Crippen MR) is 116 cm³/mol. The largest absolute Gasteiger partial charge is 0.494 e. The zero-order valence-electron chi connectivity index (χ0n) is 15.9. The van der Waals surface area contributed by atoms with Gasteiger partial charge in [-0.2, -0.15) is 0 Å². The van der Waals surface area contributed by atoms with Crippen LogP contribution in [0.5, 0.6) is 5.75 Å². The van der Waals surface area contributed by atoms with Crippen molar-refractivity contribution < 1.29 is 9.53 Å². The average Bonchev–Trinajstić information content (AvgIpc) is 3.04. The number of carbonyl (C=O) groups is 1. The Morgan fingerprint density at radius 1 is 1.26 bits per heavy atom. The summed E-state index contributed by atoms with van der Waals surface area (Å²) in [5.41, 5.74) is 1.83. The van der Waals surface area contributed by atoms with Crippen molar-refractivity contribution in [1.29, 1.82) is 0 Å². The molecule has 0 aliphatic carbocycles. The van der Waals surface area contributed by atoms with E-state index in [2.05, 4.69) is 10.3 Å². The maximum Gasteiger partial charge on any atom is 0.265 e. The molecule has 0 spiro atoms. The maximum absolute atomic E-state index is 12.9. The quantitative estimate of drug-likeness (QED) is 0.770. The van der Waals surface area contributed by atoms with Gasteiger partial charge < -0.3 is 15.0 Å². The SMILES string of the molecule is CCOc1ccc(-c2nc(C)c(C(=O)N3CCC(NC)CC3)s2)cc1.Cl.Cl. The van der Waals surface area contributed by atoms with Crippen molar-refractivity contribution in [1.82, 2.24) is 15.2 Å². The van der Waals surface area contributed by atoms with Crippen molar-refractivity contribution in [3.05, 3.63) is 34.8 Å². The number of piperidine rings is 1. The Labute approximate surface area is 177 Å². The first-order valence-corrected chi connectivity index (χ1v) is 9.61. The minimum absolute atomic E-state index is 0. The van der Waals surface area contributed by atoms with Gasteiger partial charge in [0.15, 0.2) is 0 Å². The van der Waals surface area contributed by atoms with Crippen LogP contribution in [0.4, 0.5) is 0 Å². The van der Waals surface area contributed by atoms with E-state index in [9.17, 15) is 4.79 Å². The number of benzene rings is 1. The smallest absolute Gasteiger partial charge is 0.265 e. The topological polar surface area (TPSA) is 54.5 Å². The molecule has 0 saturated carbocycles. The highest BCUT2D eigenvalue weighted by atomic mass is 35.5. The number of thiazole rings is 1. The highest BCUT2D eigenvalue weighted by molar-refractivity contribution is 7.17. The van der Waals surface area contributed by atoms with E-state index in [1.165, 1.54) is 11.3 Å². The fraction of sp³-hybridized carbons (Fsp3) is 0.474. The summed E-state index contributed by atoms with van der Waals surface area (Å²) >= 11 is 1.48. The first-order chi connectivity index (χ1) is 12.1. The van der Waals surface area contributed by atoms with Gasteiger partial charge in [-0.15, -0.1) is 36.2 Å². The van der Waals surface area contributed by atoms with Gasteiger partial charge in [0, 0.05) is 24.7 Å². The molecule has 1 N–H and O–H groups in total. The van der Waals surface area contributed by atoms with Crippen LogP contribution >= 0.6 is 36.2 Å². The second kappa shape index (κ2) is 10.9. The van der Waals surface area contributed by atoms with Crippen molar-refractivity contribution in [2.75, 3.05) is 26.7 Å². The first kappa shape index (κ1) is 23.7. The summed E-state index contributed by atoms with van der Waals surface area (Å²) in [6.45, 7) is 6.15. The number of aromatic nitrogens is 1. The van der Waals surface area contributed by atoms with E-state index in [4.69, 9.17) is 4.74 Å². The van der Waals surface area contributed by atoms with E-state index >= 15 is 0 Å². The molecule has 3 rings (SSSR count). The van der Waals surface area contributed by atoms with E-state index in [0.29, 0.717) is 12.6 Å². The Balaban J connectivity index is 0.00000182. The lowest BCUT2D eigenvalue weighted by Crippen LogP contribution is -2.43. The van der Waals surface area contributed by atoms with E-state index in [1.807, 2.05) is 50.1 Å². The number of nitrogens with zero attached hydrogens (tertiary/aromatic N) is 2. The van der Waals surface area contributed by atoms with Gasteiger partial charge in [0.25, 0.3) is 5.91 Å². The standard InChI is InChI=1S/C19H25N3O2S.2ClH/c1-4-24-16-7-5-14(6-8-16)18-21-13(2)17(25-18)19(23)22-11-9-15(20-3)10-12-22;;/h5-8,15,20H,4,9-12H2,1-3H3;2*1H. The summed E-state index contributed by atoms with van der Waals surface area (Å²) in [5, 5.41) is 4.18. The Morgan fingerprint density at radius 2 is 1.89 bits per heavy atom. The van der Waals surface area contributed by atoms with Gasteiger partial charge in [-0.3, -0.25) is 4.79 Å². The van der Waals surface area contributed by atoms with Crippen LogP contribution in [0.15, 0.2) is 24.3 Å². The lowest BCUT2D eigenvalue weighted by molar-refractivity contribution is 0.0711. The van der Waals surface area contributed by atoms with E-state index in [-0.39, 0.29) is 30.7 Å². The Kier molecular flexibility index (Phi) is 9.53. The first-order valence-electron chi connectivity index (χ1n) is 8.79. The third kappa shape index (κ3) is 5.57. The third-order valence-electron chi connectivity index (χ3n) is 4.59. The zero-order valence-corrected chi connectivity index (χ0v) is 18.3. The molecule has 0 radical (unpaired) electrons. The molecule has 5 nitrogen and oxygen atoms in total. The maximum atomic E-state index is 12.9. The Morgan fingerprint density at radius 3 is 2.44 bits per heavy atom. The van der Waals surface area contributed by atoms with Crippen LogP contribution in [-0.2, 0) is 0 Å². The highest BCUT2D eigenvalue weighted by Crippen LogP contribution is 2.30. The van der Waals surface area contributed by atoms with Crippen molar-refractivity contribution in [2.24, 2.45) is 0 Å². The summed E-state index contributed by atoms with van der Waals surface area (Å²) in [6.07, 6.45) is 2.01. The van der Waals surface area contributed by atoms with Crippen LogP contribution in [0.2, 0.25) is 0 Å². The highest BCUT2D eigenvalue weighted by Gasteiger charge is 2.26. The van der Waals surface area contributed by atoms with Crippen LogP contribution in [0.25, 0.3) is 10.6 Å². The monoisotopic (exact) mass is 431 g/mol. The number of halogens is 2. The molecule has 1 aromatic carbocycles. The number of rotatable bonds is 5. The summed E-state index contributed by atoms with van der Waals surface area (Å²) in [6, 6.07) is 8.40. The molecule has 0 atom stereocenters. The molecule has 1 aliphatic heterocycles. The molecule has 27 heavy (non-hydrogen) atoms. The molecule has 8 heteroatoms. The lowest BCUT2D eigenvalue weighted by Gasteiger charge is -2.31. The summed E-state index contributed by atoms with van der Waals surface area (Å²) < 4.78 is 5.48. The molecule has 1 saturated heterocycles. The second-order valence-electron chi connectivity index (χ2n) is 6.25. The summed E-state index contributed by atoms with van der Waals surface area (Å²) in [4.78, 5) is 20.2. The fourth-order valence-corrected chi connectivity index (χ4v) is 4.13. The number of hydrogen-bond donors (Lipinski definition) is 1. The van der Waals surface area contributed by atoms with Gasteiger partial charge >= 0.3 is 0 Å². The summed E-state index contributed by atoms with van der Waals surface area (Å²) in [5.74, 6) is 0.963. The van der Waals surface area contributed by atoms with Crippen LogP contribution in [0.3, 0.4) is 0 Å². The van der Waals surface area contributed by atoms with E-state index < -0.39 is 0 Å². The molecule has 1 fully saturated rings. The molecule has 150 valence electrons. The number of ether oxygens (including phenoxy) is 1. The minimum atomic E-state index is 0. The number of nitrogens with one attached hydrogen (secondary N) is 1. The van der Waals surface area contributed by atoms with Crippen LogP contribution in [-0.4, -0.2) is 48.6 Å². The molecule has 2 aromatic rings. The van der Waals surface area contributed by atoms with Crippen LogP contribution in [0.1, 0.15) is 35.1 Å². The molecule has 1 aromatic heterocycles. The second-order valence-corrected chi connectivity index (χ2v) is 7.25. The van der Waals surface area contributed by atoms with Gasteiger partial charge in [-0.1, -0.05) is 0 Å². The van der Waals surface area contributed by atoms with Crippen molar-refractivity contribution in [2.45, 2.75) is 32.7 Å². The Hall–Kier alpha value is -1.34. The van der Waals surface area contributed by atoms with Crippen molar-refractivity contribution in [3.63, 3.8) is 0 Å². The fourth-order valence-electron chi connectivity index (χ4n) is 3.09. The van der Waals surface area contributed by atoms with Crippen molar-refractivity contribution in [3.8, 4) is 16.3 Å². The van der Waals surface area contributed by atoms with Gasteiger partial charge in [-0.05, 0) is 58.0 Å². The van der Waals surface area contributed by atoms with Crippen LogP contribution in [0, 0.1) is 6.92 Å². The van der Waals surface area contributed by atoms with Gasteiger partial charge in [0.2, 0.25) is 0 Å². The minimum Gasteiger partial charge on any atom is -0.494 e. The molecule has 2 heterocycles. The van der Waals surface area contributed by atoms with Crippen molar-refractivity contribution >= 4 is 42.1 Å². The summed E-state index contributed by atoms with van der Waals surface area (Å²) in [7, 11) is 1.98. The number of aryl methyl sites for hydroxylation is 1. The zero-order chi connectivity index (χ0) is 17.8. The van der Waals surface area contributed by atoms with E-state index in [1.54, 1.807) is 0 Å². The Bertz CT molecular complexity index is 729. The number of amides is 1. The molecule has 0 bridgehead atoms. The van der Waals surface area contributed by atoms with Crippen LogP contribution < -0.4 is 10.1 Å². The number of likely N-dealkylation sites (tertiary alicyclic amines) is 1.